The molecule has 104 valence electrons. The van der Waals surface area contributed by atoms with Gasteiger partial charge in [0.25, 0.3) is 5.91 Å². The molecule has 7 heteroatoms. The van der Waals surface area contributed by atoms with Gasteiger partial charge in [0.2, 0.25) is 0 Å². The molecule has 19 heavy (non-hydrogen) atoms. The molecule has 0 bridgehead atoms. The van der Waals surface area contributed by atoms with Gasteiger partial charge in [-0.25, -0.2) is 0 Å². The molecule has 0 heterocycles. The van der Waals surface area contributed by atoms with Crippen LogP contribution >= 0.6 is 67.8 Å². The van der Waals surface area contributed by atoms with E-state index in [0.717, 1.165) is 10.7 Å². The van der Waals surface area contributed by atoms with Crippen molar-refractivity contribution in [3.63, 3.8) is 0 Å². The van der Waals surface area contributed by atoms with Gasteiger partial charge in [0, 0.05) is 24.3 Å². The second-order valence-electron chi connectivity index (χ2n) is 3.80. The highest BCUT2D eigenvalue weighted by atomic mass is 127. The average molecular weight is 599 g/mol. The number of ether oxygens (including phenoxy) is 1. The van der Waals surface area contributed by atoms with Crippen LogP contribution in [0.3, 0.4) is 0 Å². The number of amides is 1. The lowest BCUT2D eigenvalue weighted by atomic mass is 10.2. The molecule has 0 aliphatic rings. The van der Waals surface area contributed by atoms with Crippen molar-refractivity contribution in [2.75, 3.05) is 20.7 Å². The molecule has 0 saturated heterocycles. The predicted molar refractivity (Wildman–Crippen MR) is 98.2 cm³/mol. The molecular formula is C12H12I3NO3. The zero-order chi connectivity index (χ0) is 14.6. The first-order valence-corrected chi connectivity index (χ1v) is 8.57. The van der Waals surface area contributed by atoms with Crippen molar-refractivity contribution < 1.29 is 14.3 Å². The van der Waals surface area contributed by atoms with Gasteiger partial charge in [0.1, 0.15) is 0 Å². The molecule has 4 nitrogen and oxygen atoms in total. The number of halogens is 3. The molecule has 1 aromatic rings. The number of hydrogen-bond donors (Lipinski definition) is 0. The van der Waals surface area contributed by atoms with Crippen molar-refractivity contribution in [3.05, 3.63) is 28.4 Å². The van der Waals surface area contributed by atoms with Crippen LogP contribution < -0.4 is 0 Å². The van der Waals surface area contributed by atoms with E-state index in [2.05, 4.69) is 72.5 Å². The monoisotopic (exact) mass is 599 g/mol. The number of methoxy groups -OCH3 is 1. The number of carbonyl (C=O) groups excluding carboxylic acids is 2. The fourth-order valence-corrected chi connectivity index (χ4v) is 3.77. The van der Waals surface area contributed by atoms with Crippen molar-refractivity contribution >= 4 is 79.6 Å². The molecule has 0 fully saturated rings. The Balaban J connectivity index is 2.85. The molecule has 1 rings (SSSR count). The second kappa shape index (κ2) is 7.96. The van der Waals surface area contributed by atoms with E-state index in [1.807, 2.05) is 12.1 Å². The van der Waals surface area contributed by atoms with Gasteiger partial charge in [-0.1, -0.05) is 0 Å². The van der Waals surface area contributed by atoms with E-state index in [4.69, 9.17) is 0 Å². The Bertz CT molecular complexity index is 505. The summed E-state index contributed by atoms with van der Waals surface area (Å²) in [5.41, 5.74) is 0.671. The third-order valence-corrected chi connectivity index (χ3v) is 6.12. The van der Waals surface area contributed by atoms with E-state index >= 15 is 0 Å². The molecule has 0 N–H and O–H groups in total. The Hall–Kier alpha value is 0.350. The Kier molecular flexibility index (Phi) is 7.29. The maximum atomic E-state index is 12.3. The van der Waals surface area contributed by atoms with Crippen LogP contribution in [0.1, 0.15) is 16.8 Å². The minimum absolute atomic E-state index is 0.0789. The van der Waals surface area contributed by atoms with Gasteiger partial charge in [-0.15, -0.1) is 0 Å². The minimum Gasteiger partial charge on any atom is -0.469 e. The molecule has 0 aliphatic heterocycles. The van der Waals surface area contributed by atoms with Crippen molar-refractivity contribution in [1.82, 2.24) is 4.90 Å². The number of nitrogens with zero attached hydrogens (tertiary/aromatic N) is 1. The van der Waals surface area contributed by atoms with Crippen LogP contribution in [0.25, 0.3) is 0 Å². The van der Waals surface area contributed by atoms with Gasteiger partial charge in [0.05, 0.1) is 19.1 Å². The third kappa shape index (κ3) is 4.99. The molecule has 0 aliphatic carbocycles. The Labute approximate surface area is 153 Å². The third-order valence-electron chi connectivity index (χ3n) is 2.45. The van der Waals surface area contributed by atoms with Crippen LogP contribution in [0.2, 0.25) is 0 Å². The summed E-state index contributed by atoms with van der Waals surface area (Å²) in [5, 5.41) is 0. The molecule has 1 amide bonds. The van der Waals surface area contributed by atoms with Crippen LogP contribution in [-0.2, 0) is 9.53 Å². The van der Waals surface area contributed by atoms with Crippen molar-refractivity contribution in [1.29, 1.82) is 0 Å². The lowest BCUT2D eigenvalue weighted by Gasteiger charge is -2.18. The van der Waals surface area contributed by atoms with Crippen LogP contribution in [0, 0.1) is 10.7 Å². The second-order valence-corrected chi connectivity index (χ2v) is 7.29. The van der Waals surface area contributed by atoms with Crippen LogP contribution in [0.15, 0.2) is 12.1 Å². The molecule has 1 aromatic carbocycles. The fraction of sp³-hybridized carbons (Fsp3) is 0.333. The first kappa shape index (κ1) is 17.4. The van der Waals surface area contributed by atoms with E-state index in [9.17, 15) is 9.59 Å². The van der Waals surface area contributed by atoms with Crippen molar-refractivity contribution in [2.24, 2.45) is 0 Å². The van der Waals surface area contributed by atoms with Crippen LogP contribution in [0.4, 0.5) is 0 Å². The van der Waals surface area contributed by atoms with E-state index in [0.29, 0.717) is 12.1 Å². The molecule has 0 spiro atoms. The Morgan fingerprint density at radius 3 is 2.47 bits per heavy atom. The lowest BCUT2D eigenvalue weighted by molar-refractivity contribution is -0.140. The van der Waals surface area contributed by atoms with Gasteiger partial charge in [-0.2, -0.15) is 0 Å². The summed E-state index contributed by atoms with van der Waals surface area (Å²) < 4.78 is 7.58. The summed E-state index contributed by atoms with van der Waals surface area (Å²) >= 11 is 6.57. The molecule has 0 aromatic heterocycles. The van der Waals surface area contributed by atoms with Crippen molar-refractivity contribution in [3.8, 4) is 0 Å². The average Bonchev–Trinajstić information content (AvgIpc) is 2.38. The van der Waals surface area contributed by atoms with Gasteiger partial charge in [0.15, 0.2) is 0 Å². The Morgan fingerprint density at radius 1 is 1.26 bits per heavy atom. The van der Waals surface area contributed by atoms with Crippen LogP contribution in [-0.4, -0.2) is 37.5 Å². The molecular weight excluding hydrogens is 587 g/mol. The fourth-order valence-electron chi connectivity index (χ4n) is 1.38. The summed E-state index contributed by atoms with van der Waals surface area (Å²) in [6.45, 7) is 0.351. The highest BCUT2D eigenvalue weighted by Gasteiger charge is 2.18. The summed E-state index contributed by atoms with van der Waals surface area (Å²) in [5.74, 6) is -0.392. The first-order chi connectivity index (χ1) is 8.86. The van der Waals surface area contributed by atoms with Crippen molar-refractivity contribution in [2.45, 2.75) is 6.42 Å². The van der Waals surface area contributed by atoms with E-state index in [1.165, 1.54) is 7.11 Å². The van der Waals surface area contributed by atoms with Crippen LogP contribution in [0.5, 0.6) is 0 Å². The van der Waals surface area contributed by atoms with Gasteiger partial charge >= 0.3 is 5.97 Å². The standard InChI is InChI=1S/C12H12I3NO3/c1-16(4-3-10(17)19-2)12(18)8-5-7(13)6-9(14)11(8)15/h5-6H,3-4H2,1-2H3. The first-order valence-electron chi connectivity index (χ1n) is 5.33. The molecule has 0 saturated carbocycles. The normalized spacial score (nSPS) is 10.2. The topological polar surface area (TPSA) is 46.6 Å². The number of benzene rings is 1. The minimum atomic E-state index is -0.313. The SMILES string of the molecule is COC(=O)CCN(C)C(=O)c1cc(I)cc(I)c1I. The zero-order valence-corrected chi connectivity index (χ0v) is 16.8. The summed E-state index contributed by atoms with van der Waals surface area (Å²) in [7, 11) is 3.03. The number of rotatable bonds is 4. The zero-order valence-electron chi connectivity index (χ0n) is 10.4. The highest BCUT2D eigenvalue weighted by Crippen LogP contribution is 2.23. The summed E-state index contributed by atoms with van der Waals surface area (Å²) in [4.78, 5) is 25.0. The molecule has 0 atom stereocenters. The summed E-state index contributed by atoms with van der Waals surface area (Å²) in [6.07, 6.45) is 0.205. The quantitative estimate of drug-likeness (QED) is 0.304. The van der Waals surface area contributed by atoms with E-state index in [-0.39, 0.29) is 18.3 Å². The van der Waals surface area contributed by atoms with Gasteiger partial charge < -0.3 is 9.64 Å². The number of carbonyl (C=O) groups is 2. The smallest absolute Gasteiger partial charge is 0.307 e. The number of esters is 1. The molecule has 0 radical (unpaired) electrons. The maximum absolute atomic E-state index is 12.3. The van der Waals surface area contributed by atoms with E-state index < -0.39 is 0 Å². The lowest BCUT2D eigenvalue weighted by Crippen LogP contribution is -2.30. The maximum Gasteiger partial charge on any atom is 0.307 e. The van der Waals surface area contributed by atoms with Gasteiger partial charge in [-0.05, 0) is 79.9 Å². The number of hydrogen-bond acceptors (Lipinski definition) is 3. The molecule has 0 unspecified atom stereocenters. The highest BCUT2D eigenvalue weighted by molar-refractivity contribution is 14.1. The summed E-state index contributed by atoms with van der Waals surface area (Å²) in [6, 6.07) is 3.88. The van der Waals surface area contributed by atoms with Gasteiger partial charge in [-0.3, -0.25) is 9.59 Å². The Morgan fingerprint density at radius 2 is 1.89 bits per heavy atom. The predicted octanol–water partition coefficient (Wildman–Crippen LogP) is 3.14. The largest absolute Gasteiger partial charge is 0.469 e. The van der Waals surface area contributed by atoms with E-state index in [1.54, 1.807) is 11.9 Å².